The molecule has 0 saturated carbocycles. The fourth-order valence-corrected chi connectivity index (χ4v) is 1.33. The summed E-state index contributed by atoms with van der Waals surface area (Å²) in [6.07, 6.45) is 1.43. The molecular formula is C11H9F2N3O. The molecule has 1 aromatic heterocycles. The van der Waals surface area contributed by atoms with Crippen LogP contribution < -0.4 is 11.1 Å². The summed E-state index contributed by atoms with van der Waals surface area (Å²) >= 11 is 0. The second-order valence-corrected chi connectivity index (χ2v) is 3.42. The molecule has 0 saturated heterocycles. The number of hydrogen-bond donors (Lipinski definition) is 3. The summed E-state index contributed by atoms with van der Waals surface area (Å²) in [5.41, 5.74) is 5.76. The molecule has 4 N–H and O–H groups in total. The van der Waals surface area contributed by atoms with E-state index in [1.165, 1.54) is 12.3 Å². The predicted molar refractivity (Wildman–Crippen MR) is 59.5 cm³/mol. The Morgan fingerprint density at radius 3 is 2.71 bits per heavy atom. The van der Waals surface area contributed by atoms with Gasteiger partial charge in [-0.05, 0) is 18.2 Å². The number of benzene rings is 1. The van der Waals surface area contributed by atoms with Gasteiger partial charge in [-0.2, -0.15) is 0 Å². The smallest absolute Gasteiger partial charge is 0.272 e. The van der Waals surface area contributed by atoms with Crippen molar-refractivity contribution in [3.63, 3.8) is 0 Å². The first-order chi connectivity index (χ1) is 8.06. The third kappa shape index (κ3) is 2.41. The summed E-state index contributed by atoms with van der Waals surface area (Å²) in [5, 5.41) is 2.24. The molecule has 4 nitrogen and oxygen atoms in total. The summed E-state index contributed by atoms with van der Waals surface area (Å²) in [4.78, 5) is 14.2. The van der Waals surface area contributed by atoms with Crippen LogP contribution in [0.4, 0.5) is 20.2 Å². The van der Waals surface area contributed by atoms with E-state index in [9.17, 15) is 13.6 Å². The molecule has 0 bridgehead atoms. The van der Waals surface area contributed by atoms with Gasteiger partial charge in [-0.25, -0.2) is 8.78 Å². The molecule has 2 rings (SSSR count). The number of hydrogen-bond acceptors (Lipinski definition) is 2. The first-order valence-corrected chi connectivity index (χ1v) is 4.76. The number of amides is 1. The van der Waals surface area contributed by atoms with Crippen LogP contribution in [0.5, 0.6) is 0 Å². The minimum atomic E-state index is -0.709. The lowest BCUT2D eigenvalue weighted by Crippen LogP contribution is -2.13. The molecule has 1 amide bonds. The maximum atomic E-state index is 13.2. The van der Waals surface area contributed by atoms with Crippen molar-refractivity contribution in [1.82, 2.24) is 4.98 Å². The molecular weight excluding hydrogens is 228 g/mol. The van der Waals surface area contributed by atoms with E-state index in [4.69, 9.17) is 5.73 Å². The number of aromatic amines is 1. The highest BCUT2D eigenvalue weighted by Gasteiger charge is 2.11. The van der Waals surface area contributed by atoms with Crippen LogP contribution in [0.3, 0.4) is 0 Å². The molecule has 6 heteroatoms. The highest BCUT2D eigenvalue weighted by Crippen LogP contribution is 2.16. The summed E-state index contributed by atoms with van der Waals surface area (Å²) in [5.74, 6) is -1.93. The van der Waals surface area contributed by atoms with E-state index in [1.807, 2.05) is 0 Å². The number of carbonyl (C=O) groups is 1. The lowest BCUT2D eigenvalue weighted by molar-refractivity contribution is 0.102. The highest BCUT2D eigenvalue weighted by atomic mass is 19.1. The van der Waals surface area contributed by atoms with Crippen LogP contribution in [0.1, 0.15) is 10.5 Å². The lowest BCUT2D eigenvalue weighted by atomic mass is 10.3. The zero-order valence-electron chi connectivity index (χ0n) is 8.63. The van der Waals surface area contributed by atoms with Gasteiger partial charge in [0.15, 0.2) is 0 Å². The maximum absolute atomic E-state index is 13.2. The normalized spacial score (nSPS) is 10.2. The third-order valence-electron chi connectivity index (χ3n) is 2.13. The molecule has 0 fully saturated rings. The van der Waals surface area contributed by atoms with Gasteiger partial charge in [0.2, 0.25) is 0 Å². The van der Waals surface area contributed by atoms with Gasteiger partial charge in [-0.15, -0.1) is 0 Å². The average molecular weight is 237 g/mol. The van der Waals surface area contributed by atoms with Crippen molar-refractivity contribution in [3.05, 3.63) is 47.8 Å². The van der Waals surface area contributed by atoms with Crippen molar-refractivity contribution in [1.29, 1.82) is 0 Å². The van der Waals surface area contributed by atoms with Crippen molar-refractivity contribution in [3.8, 4) is 0 Å². The van der Waals surface area contributed by atoms with Crippen molar-refractivity contribution in [2.45, 2.75) is 0 Å². The lowest BCUT2D eigenvalue weighted by Gasteiger charge is -2.04. The van der Waals surface area contributed by atoms with E-state index in [0.717, 1.165) is 18.2 Å². The van der Waals surface area contributed by atoms with Gasteiger partial charge >= 0.3 is 0 Å². The monoisotopic (exact) mass is 237 g/mol. The van der Waals surface area contributed by atoms with E-state index < -0.39 is 17.5 Å². The maximum Gasteiger partial charge on any atom is 0.272 e. The van der Waals surface area contributed by atoms with Crippen LogP contribution in [0, 0.1) is 11.6 Å². The molecule has 1 aromatic carbocycles. The van der Waals surface area contributed by atoms with Crippen molar-refractivity contribution >= 4 is 17.3 Å². The first kappa shape index (κ1) is 11.1. The minimum absolute atomic E-state index is 0.172. The Balaban J connectivity index is 2.21. The van der Waals surface area contributed by atoms with Gasteiger partial charge in [-0.1, -0.05) is 0 Å². The molecule has 0 atom stereocenters. The minimum Gasteiger partial charge on any atom is -0.397 e. The Morgan fingerprint density at radius 1 is 1.29 bits per heavy atom. The summed E-state index contributed by atoms with van der Waals surface area (Å²) in [7, 11) is 0. The van der Waals surface area contributed by atoms with Crippen LogP contribution >= 0.6 is 0 Å². The number of aromatic nitrogens is 1. The quantitative estimate of drug-likeness (QED) is 0.748. The molecule has 0 spiro atoms. The Morgan fingerprint density at radius 2 is 2.06 bits per heavy atom. The van der Waals surface area contributed by atoms with Gasteiger partial charge in [0.1, 0.15) is 17.3 Å². The fourth-order valence-electron chi connectivity index (χ4n) is 1.33. The first-order valence-electron chi connectivity index (χ1n) is 4.76. The summed E-state index contributed by atoms with van der Waals surface area (Å²) in [6.45, 7) is 0. The molecule has 0 unspecified atom stereocenters. The molecule has 88 valence electrons. The molecule has 2 aromatic rings. The van der Waals surface area contributed by atoms with E-state index in [0.29, 0.717) is 5.69 Å². The van der Waals surface area contributed by atoms with Gasteiger partial charge in [0, 0.05) is 18.0 Å². The largest absolute Gasteiger partial charge is 0.397 e. The SMILES string of the molecule is Nc1c[nH]c(C(=O)Nc2cc(F)ccc2F)c1. The zero-order chi connectivity index (χ0) is 12.4. The second-order valence-electron chi connectivity index (χ2n) is 3.42. The van der Waals surface area contributed by atoms with E-state index in [2.05, 4.69) is 10.3 Å². The third-order valence-corrected chi connectivity index (χ3v) is 2.13. The molecule has 0 radical (unpaired) electrons. The van der Waals surface area contributed by atoms with E-state index in [1.54, 1.807) is 0 Å². The second kappa shape index (κ2) is 4.25. The van der Waals surface area contributed by atoms with Crippen LogP contribution in [-0.4, -0.2) is 10.9 Å². The molecule has 0 aliphatic heterocycles. The van der Waals surface area contributed by atoms with Gasteiger partial charge in [0.25, 0.3) is 5.91 Å². The Bertz CT molecular complexity index is 566. The molecule has 0 aliphatic rings. The summed E-state index contributed by atoms with van der Waals surface area (Å²) in [6, 6.07) is 4.21. The van der Waals surface area contributed by atoms with E-state index >= 15 is 0 Å². The number of carbonyl (C=O) groups excluding carboxylic acids is 1. The number of nitrogens with one attached hydrogen (secondary N) is 2. The van der Waals surface area contributed by atoms with Crippen LogP contribution in [-0.2, 0) is 0 Å². The predicted octanol–water partition coefficient (Wildman–Crippen LogP) is 2.13. The average Bonchev–Trinajstić information content (AvgIpc) is 2.70. The van der Waals surface area contributed by atoms with Gasteiger partial charge < -0.3 is 16.0 Å². The molecule has 17 heavy (non-hydrogen) atoms. The Hall–Kier alpha value is -2.37. The van der Waals surface area contributed by atoms with E-state index in [-0.39, 0.29) is 11.4 Å². The van der Waals surface area contributed by atoms with Gasteiger partial charge in [0.05, 0.1) is 5.69 Å². The van der Waals surface area contributed by atoms with Crippen molar-refractivity contribution in [2.75, 3.05) is 11.1 Å². The van der Waals surface area contributed by atoms with Crippen LogP contribution in [0.25, 0.3) is 0 Å². The number of rotatable bonds is 2. The highest BCUT2D eigenvalue weighted by molar-refractivity contribution is 6.03. The van der Waals surface area contributed by atoms with Crippen LogP contribution in [0.15, 0.2) is 30.5 Å². The number of nitrogen functional groups attached to an aromatic ring is 1. The number of anilines is 2. The topological polar surface area (TPSA) is 70.9 Å². The van der Waals surface area contributed by atoms with Crippen molar-refractivity contribution in [2.24, 2.45) is 0 Å². The van der Waals surface area contributed by atoms with Gasteiger partial charge in [-0.3, -0.25) is 4.79 Å². The number of halogens is 2. The Kier molecular flexibility index (Phi) is 2.78. The molecule has 1 heterocycles. The number of nitrogens with two attached hydrogens (primary N) is 1. The Labute approximate surface area is 95.4 Å². The summed E-state index contributed by atoms with van der Waals surface area (Å²) < 4.78 is 26.1. The number of H-pyrrole nitrogens is 1. The van der Waals surface area contributed by atoms with Crippen LogP contribution in [0.2, 0.25) is 0 Å². The van der Waals surface area contributed by atoms with Crippen molar-refractivity contribution < 1.29 is 13.6 Å². The standard InChI is InChI=1S/C11H9F2N3O/c12-6-1-2-8(13)9(3-6)16-11(17)10-4-7(14)5-15-10/h1-5,15H,14H2,(H,16,17). The fraction of sp³-hybridized carbons (Fsp3) is 0. The molecule has 0 aliphatic carbocycles. The zero-order valence-corrected chi connectivity index (χ0v) is 8.63.